The zero-order valence-corrected chi connectivity index (χ0v) is 14.2. The smallest absolute Gasteiger partial charge is 0.315 e. The maximum Gasteiger partial charge on any atom is 0.315 e. The quantitative estimate of drug-likeness (QED) is 0.688. The van der Waals surface area contributed by atoms with Gasteiger partial charge in [-0.05, 0) is 29.7 Å². The van der Waals surface area contributed by atoms with Crippen LogP contribution < -0.4 is 15.4 Å². The second-order valence-electron chi connectivity index (χ2n) is 5.68. The van der Waals surface area contributed by atoms with Crippen molar-refractivity contribution in [2.75, 3.05) is 20.3 Å². The molecular formula is C19H23FN2O3. The van der Waals surface area contributed by atoms with Crippen molar-refractivity contribution in [3.63, 3.8) is 0 Å². The summed E-state index contributed by atoms with van der Waals surface area (Å²) >= 11 is 0. The predicted octanol–water partition coefficient (Wildman–Crippen LogP) is 2.80. The van der Waals surface area contributed by atoms with Gasteiger partial charge in [-0.25, -0.2) is 9.18 Å². The Hall–Kier alpha value is -2.60. The van der Waals surface area contributed by atoms with Gasteiger partial charge in [-0.15, -0.1) is 0 Å². The first-order valence-corrected chi connectivity index (χ1v) is 8.13. The van der Waals surface area contributed by atoms with Crippen LogP contribution in [0.5, 0.6) is 5.75 Å². The van der Waals surface area contributed by atoms with Gasteiger partial charge in [0.1, 0.15) is 11.6 Å². The number of benzene rings is 2. The second-order valence-corrected chi connectivity index (χ2v) is 5.68. The SMILES string of the molecule is COc1cc(F)cc(CNC(=O)NCC(CCO)c2ccccc2)c1. The lowest BCUT2D eigenvalue weighted by molar-refractivity contribution is 0.237. The highest BCUT2D eigenvalue weighted by molar-refractivity contribution is 5.73. The molecule has 2 amide bonds. The van der Waals surface area contributed by atoms with Gasteiger partial charge in [-0.1, -0.05) is 30.3 Å². The Kier molecular flexibility index (Phi) is 7.22. The monoisotopic (exact) mass is 346 g/mol. The number of hydrogen-bond donors (Lipinski definition) is 3. The molecule has 0 spiro atoms. The van der Waals surface area contributed by atoms with Crippen LogP contribution in [0.1, 0.15) is 23.5 Å². The second kappa shape index (κ2) is 9.64. The summed E-state index contributed by atoms with van der Waals surface area (Å²) in [5.41, 5.74) is 1.67. The van der Waals surface area contributed by atoms with E-state index in [1.54, 1.807) is 6.07 Å². The summed E-state index contributed by atoms with van der Waals surface area (Å²) in [6.45, 7) is 0.644. The number of hydrogen-bond acceptors (Lipinski definition) is 3. The standard InChI is InChI=1S/C19H23FN2O3/c1-25-18-10-14(9-17(20)11-18)12-21-19(24)22-13-16(7-8-23)15-5-3-2-4-6-15/h2-6,9-11,16,23H,7-8,12-13H2,1H3,(H2,21,22,24). The molecule has 3 N–H and O–H groups in total. The number of aliphatic hydroxyl groups is 1. The minimum Gasteiger partial charge on any atom is -0.497 e. The number of carbonyl (C=O) groups excluding carboxylic acids is 1. The fraction of sp³-hybridized carbons (Fsp3) is 0.316. The van der Waals surface area contributed by atoms with Crippen LogP contribution in [0, 0.1) is 5.82 Å². The molecule has 0 fully saturated rings. The highest BCUT2D eigenvalue weighted by Crippen LogP contribution is 2.18. The van der Waals surface area contributed by atoms with E-state index in [-0.39, 0.29) is 25.1 Å². The lowest BCUT2D eigenvalue weighted by Crippen LogP contribution is -2.37. The van der Waals surface area contributed by atoms with E-state index in [1.807, 2.05) is 30.3 Å². The van der Waals surface area contributed by atoms with Crippen molar-refractivity contribution < 1.29 is 19.0 Å². The van der Waals surface area contributed by atoms with E-state index in [0.717, 1.165) is 5.56 Å². The van der Waals surface area contributed by atoms with Crippen molar-refractivity contribution in [1.29, 1.82) is 0 Å². The minimum atomic E-state index is -0.413. The zero-order valence-electron chi connectivity index (χ0n) is 14.2. The summed E-state index contributed by atoms with van der Waals surface area (Å²) in [6.07, 6.45) is 0.561. The van der Waals surface area contributed by atoms with E-state index in [2.05, 4.69) is 10.6 Å². The van der Waals surface area contributed by atoms with Crippen molar-refractivity contribution in [3.05, 3.63) is 65.5 Å². The number of halogens is 1. The highest BCUT2D eigenvalue weighted by atomic mass is 19.1. The third kappa shape index (κ3) is 6.08. The van der Waals surface area contributed by atoms with E-state index in [0.29, 0.717) is 24.3 Å². The molecule has 2 aromatic rings. The van der Waals surface area contributed by atoms with Crippen LogP contribution in [-0.4, -0.2) is 31.4 Å². The van der Waals surface area contributed by atoms with Crippen LogP contribution in [0.25, 0.3) is 0 Å². The van der Waals surface area contributed by atoms with Gasteiger partial charge in [0.15, 0.2) is 0 Å². The van der Waals surface area contributed by atoms with Gasteiger partial charge in [0.25, 0.3) is 0 Å². The normalized spacial score (nSPS) is 11.6. The number of urea groups is 1. The molecule has 0 saturated heterocycles. The molecule has 0 bridgehead atoms. The Bertz CT molecular complexity index is 680. The average molecular weight is 346 g/mol. The first kappa shape index (κ1) is 18.7. The van der Waals surface area contributed by atoms with Gasteiger partial charge in [-0.3, -0.25) is 0 Å². The molecule has 1 unspecified atom stereocenters. The Labute approximate surface area is 146 Å². The lowest BCUT2D eigenvalue weighted by atomic mass is 9.96. The third-order valence-electron chi connectivity index (χ3n) is 3.88. The molecule has 0 aliphatic rings. The number of carbonyl (C=O) groups is 1. The van der Waals surface area contributed by atoms with E-state index in [4.69, 9.17) is 4.74 Å². The van der Waals surface area contributed by atoms with Crippen molar-refractivity contribution in [2.24, 2.45) is 0 Å². The number of amides is 2. The summed E-state index contributed by atoms with van der Waals surface area (Å²) in [7, 11) is 1.46. The van der Waals surface area contributed by atoms with Gasteiger partial charge in [0, 0.05) is 31.7 Å². The lowest BCUT2D eigenvalue weighted by Gasteiger charge is -2.17. The van der Waals surface area contributed by atoms with Crippen LogP contribution in [0.4, 0.5) is 9.18 Å². The molecule has 2 rings (SSSR count). The van der Waals surface area contributed by atoms with E-state index < -0.39 is 5.82 Å². The molecule has 1 atom stereocenters. The number of rotatable bonds is 8. The predicted molar refractivity (Wildman–Crippen MR) is 94.1 cm³/mol. The van der Waals surface area contributed by atoms with E-state index in [1.165, 1.54) is 19.2 Å². The fourth-order valence-corrected chi connectivity index (χ4v) is 2.57. The molecule has 134 valence electrons. The highest BCUT2D eigenvalue weighted by Gasteiger charge is 2.12. The first-order chi connectivity index (χ1) is 12.1. The molecular weight excluding hydrogens is 323 g/mol. The van der Waals surface area contributed by atoms with Gasteiger partial charge in [0.05, 0.1) is 7.11 Å². The summed E-state index contributed by atoms with van der Waals surface area (Å²) in [5, 5.41) is 14.7. The van der Waals surface area contributed by atoms with Crippen molar-refractivity contribution in [1.82, 2.24) is 10.6 Å². The third-order valence-corrected chi connectivity index (χ3v) is 3.88. The molecule has 6 heteroatoms. The zero-order chi connectivity index (χ0) is 18.1. The van der Waals surface area contributed by atoms with Crippen molar-refractivity contribution in [2.45, 2.75) is 18.9 Å². The fourth-order valence-electron chi connectivity index (χ4n) is 2.57. The Morgan fingerprint density at radius 2 is 1.96 bits per heavy atom. The largest absolute Gasteiger partial charge is 0.497 e. The first-order valence-electron chi connectivity index (χ1n) is 8.13. The molecule has 0 heterocycles. The summed E-state index contributed by atoms with van der Waals surface area (Å²) in [4.78, 5) is 12.0. The number of ether oxygens (including phenoxy) is 1. The number of nitrogens with one attached hydrogen (secondary N) is 2. The summed E-state index contributed by atoms with van der Waals surface area (Å²) in [6, 6.07) is 13.7. The summed E-state index contributed by atoms with van der Waals surface area (Å²) < 4.78 is 18.4. The van der Waals surface area contributed by atoms with Crippen LogP contribution in [0.15, 0.2) is 48.5 Å². The van der Waals surface area contributed by atoms with Gasteiger partial charge < -0.3 is 20.5 Å². The maximum absolute atomic E-state index is 13.4. The molecule has 5 nitrogen and oxygen atoms in total. The maximum atomic E-state index is 13.4. The Morgan fingerprint density at radius 1 is 1.20 bits per heavy atom. The molecule has 0 radical (unpaired) electrons. The van der Waals surface area contributed by atoms with Gasteiger partial charge >= 0.3 is 6.03 Å². The molecule has 2 aromatic carbocycles. The Morgan fingerprint density at radius 3 is 2.64 bits per heavy atom. The molecule has 25 heavy (non-hydrogen) atoms. The van der Waals surface area contributed by atoms with Crippen molar-refractivity contribution >= 4 is 6.03 Å². The van der Waals surface area contributed by atoms with Crippen molar-refractivity contribution in [3.8, 4) is 5.75 Å². The topological polar surface area (TPSA) is 70.6 Å². The van der Waals surface area contributed by atoms with Gasteiger partial charge in [0.2, 0.25) is 0 Å². The van der Waals surface area contributed by atoms with Crippen LogP contribution in [0.3, 0.4) is 0 Å². The molecule has 0 aliphatic heterocycles. The summed E-state index contributed by atoms with van der Waals surface area (Å²) in [5.74, 6) is 0.0270. The van der Waals surface area contributed by atoms with E-state index >= 15 is 0 Å². The van der Waals surface area contributed by atoms with Crippen LogP contribution in [0.2, 0.25) is 0 Å². The minimum absolute atomic E-state index is 0.0335. The van der Waals surface area contributed by atoms with E-state index in [9.17, 15) is 14.3 Å². The van der Waals surface area contributed by atoms with Gasteiger partial charge in [-0.2, -0.15) is 0 Å². The number of aliphatic hydroxyl groups excluding tert-OH is 1. The molecule has 0 aromatic heterocycles. The molecule has 0 saturated carbocycles. The van der Waals surface area contributed by atoms with Crippen LogP contribution in [-0.2, 0) is 6.54 Å². The number of methoxy groups -OCH3 is 1. The molecule has 0 aliphatic carbocycles. The Balaban J connectivity index is 1.86. The van der Waals surface area contributed by atoms with Crippen LogP contribution >= 0.6 is 0 Å². The average Bonchev–Trinajstić information content (AvgIpc) is 2.63.